The second-order valence-corrected chi connectivity index (χ2v) is 6.50. The van der Waals surface area contributed by atoms with Crippen LogP contribution in [-0.2, 0) is 0 Å². The standard InChI is InChI=1S/C17H18ClN3O4/c1-11-10-19(15-5-4-13(21(23)24)9-14(15)18)7-8-20(11)17(22)16-6-3-12(2)25-16/h3-6,9,11H,7-8,10H2,1-2H3. The number of anilines is 1. The number of piperazine rings is 1. The van der Waals surface area contributed by atoms with Crippen LogP contribution in [0.25, 0.3) is 0 Å². The van der Waals surface area contributed by atoms with Gasteiger partial charge in [-0.1, -0.05) is 11.6 Å². The summed E-state index contributed by atoms with van der Waals surface area (Å²) >= 11 is 6.21. The van der Waals surface area contributed by atoms with Gasteiger partial charge in [0.05, 0.1) is 15.6 Å². The summed E-state index contributed by atoms with van der Waals surface area (Å²) in [6, 6.07) is 7.85. The minimum atomic E-state index is -0.472. The number of furan rings is 1. The Hall–Kier alpha value is -2.54. The molecule has 1 aliphatic rings. The molecule has 1 atom stereocenters. The molecule has 0 radical (unpaired) electrons. The van der Waals surface area contributed by atoms with Crippen molar-refractivity contribution < 1.29 is 14.1 Å². The fourth-order valence-electron chi connectivity index (χ4n) is 3.03. The summed E-state index contributed by atoms with van der Waals surface area (Å²) in [5, 5.41) is 11.2. The maximum absolute atomic E-state index is 12.6. The Morgan fingerprint density at radius 1 is 1.32 bits per heavy atom. The van der Waals surface area contributed by atoms with Gasteiger partial charge in [-0.25, -0.2) is 0 Å². The average Bonchev–Trinajstić information content (AvgIpc) is 3.00. The first kappa shape index (κ1) is 17.3. The summed E-state index contributed by atoms with van der Waals surface area (Å²) in [6.45, 7) is 5.46. The zero-order valence-corrected chi connectivity index (χ0v) is 14.7. The Kier molecular flexibility index (Phi) is 4.67. The summed E-state index contributed by atoms with van der Waals surface area (Å²) < 4.78 is 5.42. The van der Waals surface area contributed by atoms with E-state index in [1.807, 2.05) is 11.8 Å². The van der Waals surface area contributed by atoms with Gasteiger partial charge in [0.25, 0.3) is 11.6 Å². The van der Waals surface area contributed by atoms with Crippen LogP contribution in [0, 0.1) is 17.0 Å². The van der Waals surface area contributed by atoms with Crippen LogP contribution >= 0.6 is 11.6 Å². The largest absolute Gasteiger partial charge is 0.456 e. The van der Waals surface area contributed by atoms with Crippen molar-refractivity contribution in [2.24, 2.45) is 0 Å². The average molecular weight is 364 g/mol. The molecule has 0 aliphatic carbocycles. The van der Waals surface area contributed by atoms with E-state index >= 15 is 0 Å². The van der Waals surface area contributed by atoms with Crippen molar-refractivity contribution in [3.8, 4) is 0 Å². The highest BCUT2D eigenvalue weighted by atomic mass is 35.5. The first-order chi connectivity index (χ1) is 11.9. The van der Waals surface area contributed by atoms with Crippen molar-refractivity contribution in [2.45, 2.75) is 19.9 Å². The predicted octanol–water partition coefficient (Wildman–Crippen LogP) is 3.50. The fourth-order valence-corrected chi connectivity index (χ4v) is 3.33. The van der Waals surface area contributed by atoms with Gasteiger partial charge >= 0.3 is 0 Å². The van der Waals surface area contributed by atoms with Gasteiger partial charge in [0, 0.05) is 37.8 Å². The molecule has 1 aromatic carbocycles. The number of carbonyl (C=O) groups excluding carboxylic acids is 1. The highest BCUT2D eigenvalue weighted by molar-refractivity contribution is 6.33. The molecule has 8 heteroatoms. The molecular weight excluding hydrogens is 346 g/mol. The topological polar surface area (TPSA) is 79.8 Å². The van der Waals surface area contributed by atoms with Gasteiger partial charge < -0.3 is 14.2 Å². The SMILES string of the molecule is Cc1ccc(C(=O)N2CCN(c3ccc([N+](=O)[O-])cc3Cl)CC2C)o1. The smallest absolute Gasteiger partial charge is 0.289 e. The summed E-state index contributed by atoms with van der Waals surface area (Å²) in [6.07, 6.45) is 0. The molecule has 2 aromatic rings. The number of halogens is 1. The lowest BCUT2D eigenvalue weighted by Gasteiger charge is -2.40. The number of hydrogen-bond donors (Lipinski definition) is 0. The van der Waals surface area contributed by atoms with E-state index in [0.717, 1.165) is 5.69 Å². The quantitative estimate of drug-likeness (QED) is 0.616. The van der Waals surface area contributed by atoms with E-state index in [2.05, 4.69) is 0 Å². The number of nitrogens with zero attached hydrogens (tertiary/aromatic N) is 3. The fraction of sp³-hybridized carbons (Fsp3) is 0.353. The molecular formula is C17H18ClN3O4. The normalized spacial score (nSPS) is 17.6. The van der Waals surface area contributed by atoms with E-state index in [9.17, 15) is 14.9 Å². The number of amides is 1. The van der Waals surface area contributed by atoms with Gasteiger partial charge in [-0.2, -0.15) is 0 Å². The third-order valence-electron chi connectivity index (χ3n) is 4.32. The van der Waals surface area contributed by atoms with Crippen LogP contribution in [0.3, 0.4) is 0 Å². The Bertz CT molecular complexity index is 820. The van der Waals surface area contributed by atoms with Crippen molar-refractivity contribution in [3.63, 3.8) is 0 Å². The number of nitro benzene ring substituents is 1. The molecule has 1 saturated heterocycles. The molecule has 1 unspecified atom stereocenters. The molecule has 2 heterocycles. The molecule has 1 aromatic heterocycles. The van der Waals surface area contributed by atoms with Crippen LogP contribution in [0.2, 0.25) is 5.02 Å². The lowest BCUT2D eigenvalue weighted by atomic mass is 10.1. The van der Waals surface area contributed by atoms with Gasteiger partial charge in [-0.3, -0.25) is 14.9 Å². The summed E-state index contributed by atoms with van der Waals surface area (Å²) in [5.41, 5.74) is 0.698. The van der Waals surface area contributed by atoms with Crippen molar-refractivity contribution in [2.75, 3.05) is 24.5 Å². The van der Waals surface area contributed by atoms with Crippen LogP contribution in [0.4, 0.5) is 11.4 Å². The Labute approximate surface area is 149 Å². The number of non-ortho nitro benzene ring substituents is 1. The lowest BCUT2D eigenvalue weighted by molar-refractivity contribution is -0.384. The zero-order valence-electron chi connectivity index (χ0n) is 13.9. The number of carbonyl (C=O) groups is 1. The molecule has 0 saturated carbocycles. The van der Waals surface area contributed by atoms with Crippen molar-refractivity contribution in [1.29, 1.82) is 0 Å². The molecule has 3 rings (SSSR count). The van der Waals surface area contributed by atoms with Gasteiger partial charge in [0.2, 0.25) is 0 Å². The summed E-state index contributed by atoms with van der Waals surface area (Å²) in [5.74, 6) is 0.911. The molecule has 0 bridgehead atoms. The minimum Gasteiger partial charge on any atom is -0.456 e. The molecule has 1 amide bonds. The van der Waals surface area contributed by atoms with E-state index < -0.39 is 4.92 Å². The summed E-state index contributed by atoms with van der Waals surface area (Å²) in [4.78, 5) is 26.7. The van der Waals surface area contributed by atoms with E-state index in [1.54, 1.807) is 30.0 Å². The van der Waals surface area contributed by atoms with Crippen LogP contribution in [0.5, 0.6) is 0 Å². The highest BCUT2D eigenvalue weighted by Crippen LogP contribution is 2.31. The van der Waals surface area contributed by atoms with E-state index in [1.165, 1.54) is 12.1 Å². The minimum absolute atomic E-state index is 0.0381. The molecule has 1 aliphatic heterocycles. The number of benzene rings is 1. The Morgan fingerprint density at radius 2 is 2.08 bits per heavy atom. The van der Waals surface area contributed by atoms with E-state index in [-0.39, 0.29) is 17.6 Å². The molecule has 0 N–H and O–H groups in total. The van der Waals surface area contributed by atoms with Crippen LogP contribution < -0.4 is 4.90 Å². The molecule has 0 spiro atoms. The van der Waals surface area contributed by atoms with Crippen LogP contribution in [0.15, 0.2) is 34.7 Å². The van der Waals surface area contributed by atoms with E-state index in [4.69, 9.17) is 16.0 Å². The maximum Gasteiger partial charge on any atom is 0.289 e. The Balaban J connectivity index is 1.73. The maximum atomic E-state index is 12.6. The molecule has 1 fully saturated rings. The summed E-state index contributed by atoms with van der Waals surface area (Å²) in [7, 11) is 0. The third-order valence-corrected chi connectivity index (χ3v) is 4.63. The number of rotatable bonds is 3. The highest BCUT2D eigenvalue weighted by Gasteiger charge is 2.30. The van der Waals surface area contributed by atoms with E-state index in [0.29, 0.717) is 36.2 Å². The second kappa shape index (κ2) is 6.76. The van der Waals surface area contributed by atoms with Gasteiger partial charge in [-0.15, -0.1) is 0 Å². The van der Waals surface area contributed by atoms with Gasteiger partial charge in [-0.05, 0) is 32.0 Å². The molecule has 7 nitrogen and oxygen atoms in total. The second-order valence-electron chi connectivity index (χ2n) is 6.10. The third kappa shape index (κ3) is 3.46. The lowest BCUT2D eigenvalue weighted by Crippen LogP contribution is -2.54. The predicted molar refractivity (Wildman–Crippen MR) is 94.3 cm³/mol. The van der Waals surface area contributed by atoms with Crippen molar-refractivity contribution >= 4 is 28.9 Å². The van der Waals surface area contributed by atoms with Gasteiger partial charge in [0.15, 0.2) is 5.76 Å². The van der Waals surface area contributed by atoms with Crippen molar-refractivity contribution in [3.05, 3.63) is 57.0 Å². The molecule has 25 heavy (non-hydrogen) atoms. The van der Waals surface area contributed by atoms with Crippen LogP contribution in [0.1, 0.15) is 23.2 Å². The molecule has 132 valence electrons. The zero-order chi connectivity index (χ0) is 18.1. The number of nitro groups is 1. The van der Waals surface area contributed by atoms with Crippen LogP contribution in [-0.4, -0.2) is 41.4 Å². The number of hydrogen-bond acceptors (Lipinski definition) is 5. The van der Waals surface area contributed by atoms with Gasteiger partial charge in [0.1, 0.15) is 5.76 Å². The monoisotopic (exact) mass is 363 g/mol. The first-order valence-corrected chi connectivity index (χ1v) is 8.31. The first-order valence-electron chi connectivity index (χ1n) is 7.93. The number of aryl methyl sites for hydroxylation is 1. The van der Waals surface area contributed by atoms with Crippen molar-refractivity contribution in [1.82, 2.24) is 4.90 Å². The Morgan fingerprint density at radius 3 is 2.64 bits per heavy atom.